The Hall–Kier alpha value is -8.34. The Bertz CT molecular complexity index is 3890. The highest BCUT2D eigenvalue weighted by Gasteiger charge is 2.51. The van der Waals surface area contributed by atoms with Crippen LogP contribution < -0.4 is 9.80 Å². The van der Waals surface area contributed by atoms with E-state index in [1.54, 1.807) is 0 Å². The number of nitrogens with zero attached hydrogens (tertiary/aromatic N) is 4. The number of benzene rings is 7. The van der Waals surface area contributed by atoms with Gasteiger partial charge in [-0.25, -0.2) is 0 Å². The van der Waals surface area contributed by atoms with E-state index in [9.17, 15) is 0 Å². The Morgan fingerprint density at radius 2 is 1.36 bits per heavy atom. The fourth-order valence-electron chi connectivity index (χ4n) is 13.1. The zero-order valence-corrected chi connectivity index (χ0v) is 38.9. The van der Waals surface area contributed by atoms with Crippen molar-refractivity contribution in [2.24, 2.45) is 0 Å². The molecule has 0 saturated heterocycles. The van der Waals surface area contributed by atoms with Crippen molar-refractivity contribution in [2.75, 3.05) is 9.80 Å². The maximum Gasteiger partial charge on any atom is 0.0722 e. The van der Waals surface area contributed by atoms with Crippen molar-refractivity contribution < 1.29 is 0 Å². The van der Waals surface area contributed by atoms with Crippen LogP contribution in [0.5, 0.6) is 0 Å². The predicted octanol–water partition coefficient (Wildman–Crippen LogP) is 16.9. The quantitative estimate of drug-likeness (QED) is 0.151. The van der Waals surface area contributed by atoms with Gasteiger partial charge < -0.3 is 19.1 Å². The molecule has 4 heterocycles. The molecule has 4 nitrogen and oxygen atoms in total. The van der Waals surface area contributed by atoms with Crippen LogP contribution in [-0.4, -0.2) is 21.4 Å². The van der Waals surface area contributed by atoms with Crippen LogP contribution in [0.15, 0.2) is 247 Å². The summed E-state index contributed by atoms with van der Waals surface area (Å²) >= 11 is 0. The predicted molar refractivity (Wildman–Crippen MR) is 293 cm³/mol. The molecule has 2 aliphatic heterocycles. The van der Waals surface area contributed by atoms with Gasteiger partial charge in [-0.2, -0.15) is 0 Å². The van der Waals surface area contributed by atoms with Crippen LogP contribution in [0.4, 0.5) is 28.4 Å². The van der Waals surface area contributed by atoms with E-state index in [0.717, 1.165) is 43.5 Å². The van der Waals surface area contributed by atoms with Gasteiger partial charge in [0.25, 0.3) is 0 Å². The molecule has 70 heavy (non-hydrogen) atoms. The summed E-state index contributed by atoms with van der Waals surface area (Å²) in [6, 6.07) is 59.1. The highest BCUT2D eigenvalue weighted by molar-refractivity contribution is 6.28. The van der Waals surface area contributed by atoms with E-state index in [1.807, 2.05) is 0 Å². The van der Waals surface area contributed by atoms with E-state index in [0.29, 0.717) is 0 Å². The van der Waals surface area contributed by atoms with E-state index in [1.165, 1.54) is 106 Å². The molecule has 0 bridgehead atoms. The third kappa shape index (κ3) is 5.71. The van der Waals surface area contributed by atoms with Gasteiger partial charge in [0.05, 0.1) is 51.6 Å². The molecule has 3 atom stereocenters. The number of hydrogen-bond acceptors (Lipinski definition) is 3. The monoisotopic (exact) mass is 898 g/mol. The van der Waals surface area contributed by atoms with Crippen LogP contribution in [0.2, 0.25) is 0 Å². The van der Waals surface area contributed by atoms with Crippen molar-refractivity contribution >= 4 is 72.1 Å². The summed E-state index contributed by atoms with van der Waals surface area (Å²) in [5, 5.41) is 5.09. The van der Waals surface area contributed by atoms with Gasteiger partial charge in [-0.1, -0.05) is 170 Å². The maximum absolute atomic E-state index is 2.74. The van der Waals surface area contributed by atoms with E-state index in [4.69, 9.17) is 0 Å². The third-order valence-corrected chi connectivity index (χ3v) is 16.0. The summed E-state index contributed by atoms with van der Waals surface area (Å²) in [5.41, 5.74) is 21.9. The van der Waals surface area contributed by atoms with Gasteiger partial charge in [0.2, 0.25) is 0 Å². The highest BCUT2D eigenvalue weighted by atomic mass is 15.3. The number of para-hydroxylation sites is 4. The molecular weight excluding hydrogens is 849 g/mol. The summed E-state index contributed by atoms with van der Waals surface area (Å²) in [7, 11) is 0. The Morgan fingerprint density at radius 1 is 0.557 bits per heavy atom. The summed E-state index contributed by atoms with van der Waals surface area (Å²) < 4.78 is 2.58. The largest absolute Gasteiger partial charge is 0.337 e. The first-order valence-corrected chi connectivity index (χ1v) is 25.3. The number of fused-ring (bicyclic) bond motifs is 12. The molecule has 334 valence electrons. The first-order valence-electron chi connectivity index (χ1n) is 25.3. The number of aromatic nitrogens is 1. The topological polar surface area (TPSA) is 14.1 Å². The van der Waals surface area contributed by atoms with Crippen molar-refractivity contribution in [2.45, 2.75) is 50.1 Å². The van der Waals surface area contributed by atoms with Gasteiger partial charge in [0, 0.05) is 61.0 Å². The molecule has 0 N–H and O–H groups in total. The van der Waals surface area contributed by atoms with Crippen LogP contribution >= 0.6 is 0 Å². The lowest BCUT2D eigenvalue weighted by Crippen LogP contribution is -2.40. The fourth-order valence-corrected chi connectivity index (χ4v) is 13.1. The standard InChI is InChI=1S/C66H50N4/c1-5-21-43(22-6-1)47-29-13-17-33-55(47)67(45-25-9-3-10-26-45)59-39-37-49-53-41-62-54(42-61(53)69-57-35-19-15-31-51(57)63(59)65(49)69)50-38-40-60(64-52-32-16-20-36-58(52)70(62)66(50)64)68(46-27-11-4-12-28-46)56-34-18-14-30-48(56)44-23-7-2-8-24-44/h1,3-7,9-13,15-17,19-27,29-42,46,64,66H,2,8,14,18,28H2/t46?,64-,66?/m0/s1. The Kier molecular flexibility index (Phi) is 8.83. The minimum absolute atomic E-state index is 0.151. The first kappa shape index (κ1) is 39.6. The third-order valence-electron chi connectivity index (χ3n) is 16.0. The van der Waals surface area contributed by atoms with Gasteiger partial charge >= 0.3 is 0 Å². The van der Waals surface area contributed by atoms with Crippen LogP contribution in [0, 0.1) is 0 Å². The number of hydrogen-bond donors (Lipinski definition) is 0. The van der Waals surface area contributed by atoms with Gasteiger partial charge in [-0.05, 0) is 109 Å². The molecule has 6 aliphatic rings. The van der Waals surface area contributed by atoms with E-state index in [2.05, 4.69) is 244 Å². The fraction of sp³-hybridized carbons (Fsp3) is 0.121. The molecule has 2 aromatic heterocycles. The van der Waals surface area contributed by atoms with Crippen molar-refractivity contribution in [1.82, 2.24) is 9.30 Å². The minimum atomic E-state index is 0.151. The zero-order valence-electron chi connectivity index (χ0n) is 38.9. The van der Waals surface area contributed by atoms with E-state index < -0.39 is 0 Å². The normalized spacial score (nSPS) is 19.8. The number of rotatable bonds is 8. The minimum Gasteiger partial charge on any atom is -0.337 e. The molecule has 0 spiro atoms. The summed E-state index contributed by atoms with van der Waals surface area (Å²) in [4.78, 5) is 7.93. The molecule has 0 radical (unpaired) electrons. The lowest BCUT2D eigenvalue weighted by Gasteiger charge is -2.43. The van der Waals surface area contributed by atoms with Gasteiger partial charge in [0.15, 0.2) is 0 Å². The first-order chi connectivity index (χ1) is 34.8. The van der Waals surface area contributed by atoms with Gasteiger partial charge in [0.1, 0.15) is 0 Å². The molecule has 0 amide bonds. The molecule has 2 unspecified atom stereocenters. The van der Waals surface area contributed by atoms with Gasteiger partial charge in [-0.15, -0.1) is 0 Å². The molecule has 0 fully saturated rings. The Morgan fingerprint density at radius 3 is 2.23 bits per heavy atom. The van der Waals surface area contributed by atoms with Crippen molar-refractivity contribution in [3.8, 4) is 11.1 Å². The summed E-state index contributed by atoms with van der Waals surface area (Å²) in [5.74, 6) is 0.161. The number of anilines is 5. The molecule has 0 saturated carbocycles. The van der Waals surface area contributed by atoms with E-state index >= 15 is 0 Å². The lowest BCUT2D eigenvalue weighted by atomic mass is 9.80. The molecule has 7 aromatic carbocycles. The van der Waals surface area contributed by atoms with E-state index in [-0.39, 0.29) is 18.0 Å². The molecule has 4 heteroatoms. The molecule has 9 aromatic rings. The SMILES string of the molecule is C1=CCC(N(C2=CCCC=C2C2=CCCC=C2)C2=CC=C3c4cc5c(cc4N4c6ccccc6[C@@H]2C34)c2ccc(N(c3ccccc3)c3ccccc3-c3ccccc3)c3c4ccccc4n5c23)C=C1. The smallest absolute Gasteiger partial charge is 0.0722 e. The average Bonchev–Trinajstić information content (AvgIpc) is 4.16. The second-order valence-electron chi connectivity index (χ2n) is 19.6. The zero-order chi connectivity index (χ0) is 45.9. The second kappa shape index (κ2) is 15.6. The maximum atomic E-state index is 2.74. The highest BCUT2D eigenvalue weighted by Crippen LogP contribution is 2.62. The lowest BCUT2D eigenvalue weighted by molar-refractivity contribution is 0.339. The van der Waals surface area contributed by atoms with Crippen LogP contribution in [0.25, 0.3) is 54.8 Å². The van der Waals surface area contributed by atoms with Gasteiger partial charge in [-0.3, -0.25) is 0 Å². The Labute approximate surface area is 408 Å². The van der Waals surface area contributed by atoms with Crippen molar-refractivity contribution in [3.05, 3.63) is 258 Å². The summed E-state index contributed by atoms with van der Waals surface area (Å²) in [6.45, 7) is 0. The second-order valence-corrected chi connectivity index (χ2v) is 19.6. The van der Waals surface area contributed by atoms with Crippen molar-refractivity contribution in [1.29, 1.82) is 0 Å². The molecular formula is C66H50N4. The number of allylic oxidation sites excluding steroid dienone is 10. The van der Waals surface area contributed by atoms with Crippen molar-refractivity contribution in [3.63, 3.8) is 0 Å². The molecule has 4 aliphatic carbocycles. The van der Waals surface area contributed by atoms with Crippen LogP contribution in [0.1, 0.15) is 49.1 Å². The summed E-state index contributed by atoms with van der Waals surface area (Å²) in [6.07, 6.45) is 31.8. The molecule has 15 rings (SSSR count). The van der Waals surface area contributed by atoms with Crippen LogP contribution in [-0.2, 0) is 0 Å². The Balaban J connectivity index is 0.946. The average molecular weight is 899 g/mol. The van der Waals surface area contributed by atoms with Crippen LogP contribution in [0.3, 0.4) is 0 Å².